The molecule has 0 aromatic carbocycles. The molecule has 0 radical (unpaired) electrons. The number of aliphatic hydroxyl groups is 1. The first kappa shape index (κ1) is 26.3. The quantitative estimate of drug-likeness (QED) is 0.492. The van der Waals surface area contributed by atoms with Gasteiger partial charge in [-0.25, -0.2) is 0 Å². The van der Waals surface area contributed by atoms with Gasteiger partial charge in [0.15, 0.2) is 0 Å². The summed E-state index contributed by atoms with van der Waals surface area (Å²) < 4.78 is 0. The van der Waals surface area contributed by atoms with Crippen LogP contribution in [-0.2, 0) is 0 Å². The van der Waals surface area contributed by atoms with Crippen LogP contribution in [0.3, 0.4) is 0 Å². The maximum atomic E-state index is 10.2. The molecule has 0 saturated heterocycles. The zero-order valence-electron chi connectivity index (χ0n) is 18.3. The molecular weight excluding hydrogens is 306 g/mol. The van der Waals surface area contributed by atoms with Crippen LogP contribution in [0.15, 0.2) is 18.5 Å². The summed E-state index contributed by atoms with van der Waals surface area (Å²) >= 11 is 0. The van der Waals surface area contributed by atoms with Crippen LogP contribution >= 0.6 is 0 Å². The number of hydrogen-bond acceptors (Lipinski definition) is 2. The lowest BCUT2D eigenvalue weighted by Crippen LogP contribution is -2.09. The Labute approximate surface area is 158 Å². The van der Waals surface area contributed by atoms with Crippen molar-refractivity contribution in [3.63, 3.8) is 0 Å². The van der Waals surface area contributed by atoms with E-state index in [1.807, 2.05) is 19.2 Å². The molecule has 0 spiro atoms. The van der Waals surface area contributed by atoms with Crippen molar-refractivity contribution >= 4 is 0 Å². The second-order valence-electron chi connectivity index (χ2n) is 7.58. The zero-order chi connectivity index (χ0) is 19.7. The Bertz CT molecular complexity index is 389. The Morgan fingerprint density at radius 2 is 1.52 bits per heavy atom. The van der Waals surface area contributed by atoms with Gasteiger partial charge in [-0.1, -0.05) is 93.1 Å². The summed E-state index contributed by atoms with van der Waals surface area (Å²) in [6.07, 6.45) is 11.9. The van der Waals surface area contributed by atoms with E-state index in [-0.39, 0.29) is 6.10 Å². The third-order valence-corrected chi connectivity index (χ3v) is 4.11. The van der Waals surface area contributed by atoms with E-state index in [2.05, 4.69) is 53.5 Å². The smallest absolute Gasteiger partial charge is 0.0830 e. The van der Waals surface area contributed by atoms with Crippen molar-refractivity contribution in [1.29, 1.82) is 0 Å². The lowest BCUT2D eigenvalue weighted by atomic mass is 9.93. The van der Waals surface area contributed by atoms with Crippen LogP contribution in [0.25, 0.3) is 0 Å². The van der Waals surface area contributed by atoms with Crippen molar-refractivity contribution in [3.05, 3.63) is 29.6 Å². The fraction of sp³-hybridized carbons (Fsp3) is 0.783. The predicted octanol–water partition coefficient (Wildman–Crippen LogP) is 7.50. The largest absolute Gasteiger partial charge is 0.388 e. The van der Waals surface area contributed by atoms with Crippen molar-refractivity contribution in [2.45, 2.75) is 106 Å². The fourth-order valence-electron chi connectivity index (χ4n) is 2.12. The van der Waals surface area contributed by atoms with Crippen LogP contribution in [-0.4, -0.2) is 10.1 Å². The molecule has 1 aromatic heterocycles. The molecule has 2 atom stereocenters. The first-order valence-corrected chi connectivity index (χ1v) is 10.4. The maximum absolute atomic E-state index is 10.2. The highest BCUT2D eigenvalue weighted by atomic mass is 16.3. The van der Waals surface area contributed by atoms with E-state index >= 15 is 0 Å². The van der Waals surface area contributed by atoms with E-state index in [0.717, 1.165) is 23.5 Å². The van der Waals surface area contributed by atoms with Crippen LogP contribution < -0.4 is 0 Å². The first-order valence-electron chi connectivity index (χ1n) is 10.4. The van der Waals surface area contributed by atoms with E-state index in [1.165, 1.54) is 38.5 Å². The summed E-state index contributed by atoms with van der Waals surface area (Å²) in [6, 6.07) is 2.03. The van der Waals surface area contributed by atoms with Crippen LogP contribution in [0.5, 0.6) is 0 Å². The van der Waals surface area contributed by atoms with Crippen LogP contribution in [0.1, 0.15) is 111 Å². The van der Waals surface area contributed by atoms with Gasteiger partial charge in [0, 0.05) is 12.4 Å². The molecule has 0 aliphatic heterocycles. The molecule has 0 aliphatic rings. The topological polar surface area (TPSA) is 33.1 Å². The Balaban J connectivity index is 0. The Kier molecular flexibility index (Phi) is 18.9. The molecule has 1 N–H and O–H groups in total. The molecule has 1 aromatic rings. The number of unbranched alkanes of at least 4 members (excludes halogenated alkanes) is 3. The summed E-state index contributed by atoms with van der Waals surface area (Å²) in [5.41, 5.74) is 2.06. The van der Waals surface area contributed by atoms with Gasteiger partial charge in [-0.15, -0.1) is 0 Å². The molecule has 2 heteroatoms. The molecule has 0 saturated carbocycles. The highest BCUT2D eigenvalue weighted by molar-refractivity contribution is 5.19. The number of pyridine rings is 1. The lowest BCUT2D eigenvalue weighted by molar-refractivity contribution is 0.110. The fourth-order valence-corrected chi connectivity index (χ4v) is 2.12. The highest BCUT2D eigenvalue weighted by Gasteiger charge is 2.16. The number of rotatable bonds is 8. The number of nitrogens with zero attached hydrogens (tertiary/aromatic N) is 1. The molecule has 0 bridgehead atoms. The van der Waals surface area contributed by atoms with E-state index in [1.54, 1.807) is 6.20 Å². The molecule has 1 rings (SSSR count). The van der Waals surface area contributed by atoms with Crippen molar-refractivity contribution in [1.82, 2.24) is 4.98 Å². The molecule has 0 aliphatic carbocycles. The second-order valence-corrected chi connectivity index (χ2v) is 7.58. The average molecular weight is 352 g/mol. The molecule has 0 fully saturated rings. The Hall–Kier alpha value is -0.890. The number of aliphatic hydroxyl groups excluding tert-OH is 1. The summed E-state index contributed by atoms with van der Waals surface area (Å²) in [4.78, 5) is 4.14. The molecule has 2 unspecified atom stereocenters. The first-order chi connectivity index (χ1) is 11.8. The van der Waals surface area contributed by atoms with Gasteiger partial charge in [0.2, 0.25) is 0 Å². The van der Waals surface area contributed by atoms with Gasteiger partial charge < -0.3 is 5.11 Å². The number of aryl methyl sites for hydroxylation is 1. The Morgan fingerprint density at radius 3 is 1.96 bits per heavy atom. The highest BCUT2D eigenvalue weighted by Crippen LogP contribution is 2.26. The molecule has 0 amide bonds. The third kappa shape index (κ3) is 16.3. The summed E-state index contributed by atoms with van der Waals surface area (Å²) in [5.74, 6) is 1.20. The molecule has 2 nitrogen and oxygen atoms in total. The third-order valence-electron chi connectivity index (χ3n) is 4.11. The van der Waals surface area contributed by atoms with E-state index in [9.17, 15) is 5.11 Å². The lowest BCUT2D eigenvalue weighted by Gasteiger charge is -2.19. The van der Waals surface area contributed by atoms with Gasteiger partial charge in [-0.3, -0.25) is 4.98 Å². The van der Waals surface area contributed by atoms with E-state index in [4.69, 9.17) is 0 Å². The minimum atomic E-state index is -0.371. The van der Waals surface area contributed by atoms with Crippen molar-refractivity contribution in [2.24, 2.45) is 11.8 Å². The number of aromatic nitrogens is 1. The average Bonchev–Trinajstić information content (AvgIpc) is 2.59. The van der Waals surface area contributed by atoms with E-state index in [0.29, 0.717) is 5.92 Å². The van der Waals surface area contributed by atoms with Crippen LogP contribution in [0, 0.1) is 18.8 Å². The van der Waals surface area contributed by atoms with Crippen molar-refractivity contribution in [3.8, 4) is 0 Å². The van der Waals surface area contributed by atoms with Crippen molar-refractivity contribution in [2.75, 3.05) is 0 Å². The summed E-state index contributed by atoms with van der Waals surface area (Å²) in [5, 5.41) is 10.2. The minimum absolute atomic E-state index is 0.315. The van der Waals surface area contributed by atoms with Gasteiger partial charge in [0.25, 0.3) is 0 Å². The number of hydrogen-bond donors (Lipinski definition) is 1. The SMILES string of the molecule is CCC.CCC(C)C.CCCCCCC(C)C(O)c1cncc(C)c1. The summed E-state index contributed by atoms with van der Waals surface area (Å²) in [6.45, 7) is 17.2. The van der Waals surface area contributed by atoms with Gasteiger partial charge >= 0.3 is 0 Å². The van der Waals surface area contributed by atoms with E-state index < -0.39 is 0 Å². The predicted molar refractivity (Wildman–Crippen MR) is 113 cm³/mol. The van der Waals surface area contributed by atoms with Crippen molar-refractivity contribution < 1.29 is 5.11 Å². The monoisotopic (exact) mass is 351 g/mol. The molecule has 25 heavy (non-hydrogen) atoms. The van der Waals surface area contributed by atoms with Gasteiger partial charge in [-0.05, 0) is 36.3 Å². The van der Waals surface area contributed by atoms with Gasteiger partial charge in [0.05, 0.1) is 6.10 Å². The Morgan fingerprint density at radius 1 is 0.960 bits per heavy atom. The molecular formula is C23H45NO. The van der Waals surface area contributed by atoms with Crippen LogP contribution in [0.2, 0.25) is 0 Å². The van der Waals surface area contributed by atoms with Crippen LogP contribution in [0.4, 0.5) is 0 Å². The summed E-state index contributed by atoms with van der Waals surface area (Å²) in [7, 11) is 0. The molecule has 1 heterocycles. The normalized spacial score (nSPS) is 12.6. The molecule has 148 valence electrons. The maximum Gasteiger partial charge on any atom is 0.0830 e. The van der Waals surface area contributed by atoms with Gasteiger partial charge in [-0.2, -0.15) is 0 Å². The zero-order valence-corrected chi connectivity index (χ0v) is 18.3. The minimum Gasteiger partial charge on any atom is -0.388 e. The standard InChI is InChI=1S/C15H25NO.C5H12.C3H8/c1-4-5-6-7-8-13(3)15(17)14-9-12(2)10-16-11-14;1-4-5(2)3;1-3-2/h9-11,13,15,17H,4-8H2,1-3H3;5H,4H2,1-3H3;3H2,1-2H3. The van der Waals surface area contributed by atoms with Gasteiger partial charge in [0.1, 0.15) is 0 Å². The second kappa shape index (κ2) is 17.9.